The molecule has 5 rings (SSSR count). The van der Waals surface area contributed by atoms with E-state index in [1.54, 1.807) is 42.5 Å². The molecule has 3 aromatic carbocycles. The van der Waals surface area contributed by atoms with Crippen molar-refractivity contribution in [2.75, 3.05) is 5.32 Å². The van der Waals surface area contributed by atoms with E-state index in [2.05, 4.69) is 36.4 Å². The molecule has 0 fully saturated rings. The summed E-state index contributed by atoms with van der Waals surface area (Å²) in [6, 6.07) is 18.9. The smallest absolute Gasteiger partial charge is 0.248 e. The number of para-hydroxylation sites is 1. The van der Waals surface area contributed by atoms with Gasteiger partial charge >= 0.3 is 0 Å². The number of tetrazole rings is 1. The van der Waals surface area contributed by atoms with Crippen molar-refractivity contribution in [2.24, 2.45) is 0 Å². The van der Waals surface area contributed by atoms with Crippen molar-refractivity contribution >= 4 is 57.8 Å². The first-order valence-corrected chi connectivity index (χ1v) is 12.2. The van der Waals surface area contributed by atoms with Gasteiger partial charge in [-0.2, -0.15) is 9.78 Å². The zero-order valence-electron chi connectivity index (χ0n) is 19.7. The highest BCUT2D eigenvalue weighted by atomic mass is 35.5. The number of anilines is 1. The van der Waals surface area contributed by atoms with Crippen molar-refractivity contribution in [1.82, 2.24) is 35.7 Å². The number of rotatable bonds is 8. The average Bonchev–Trinajstić information content (AvgIpc) is 3.59. The summed E-state index contributed by atoms with van der Waals surface area (Å²) in [7, 11) is 0. The lowest BCUT2D eigenvalue weighted by Crippen LogP contribution is -2.44. The first kappa shape index (κ1) is 25.1. The molecule has 0 radical (unpaired) electrons. The standard InChI is InChI=1S/C26H20Cl2N8O2/c27-18-10-11-22(36-15-29-34-35-36)17(14-18)9-12-23(37)30-21(13-16-5-2-1-3-6-16)26(38)31-25-19-7-4-8-20(28)24(19)32-33-25/h1-12,14-15,21H,13H2,(H,30,37)(H2,31,32,33,38)/b12-9+/t21-/m0/s1. The maximum atomic E-state index is 13.3. The molecule has 2 heterocycles. The number of halogens is 2. The van der Waals surface area contributed by atoms with Crippen LogP contribution in [0.3, 0.4) is 0 Å². The fourth-order valence-corrected chi connectivity index (χ4v) is 4.29. The van der Waals surface area contributed by atoms with Crippen molar-refractivity contribution in [3.8, 4) is 5.69 Å². The Kier molecular flexibility index (Phi) is 7.43. The number of nitrogens with one attached hydrogen (secondary N) is 3. The molecule has 2 aromatic heterocycles. The summed E-state index contributed by atoms with van der Waals surface area (Å²) in [6.07, 6.45) is 4.61. The van der Waals surface area contributed by atoms with Gasteiger partial charge in [-0.1, -0.05) is 59.6 Å². The molecule has 0 aliphatic rings. The highest BCUT2D eigenvalue weighted by Crippen LogP contribution is 2.26. The Bertz CT molecular complexity index is 1620. The normalized spacial score (nSPS) is 12.1. The van der Waals surface area contributed by atoms with Crippen LogP contribution in [-0.4, -0.2) is 48.3 Å². The van der Waals surface area contributed by atoms with Crippen LogP contribution in [0.4, 0.5) is 5.82 Å². The molecular formula is C26H20Cl2N8O2. The zero-order valence-corrected chi connectivity index (χ0v) is 21.2. The van der Waals surface area contributed by atoms with Gasteiger partial charge in [-0.3, -0.25) is 14.7 Å². The van der Waals surface area contributed by atoms with Gasteiger partial charge in [0.1, 0.15) is 12.4 Å². The second-order valence-electron chi connectivity index (χ2n) is 8.27. The van der Waals surface area contributed by atoms with E-state index in [-0.39, 0.29) is 6.42 Å². The molecular weight excluding hydrogens is 527 g/mol. The fraction of sp³-hybridized carbons (Fsp3) is 0.0769. The van der Waals surface area contributed by atoms with Gasteiger partial charge in [-0.05, 0) is 52.4 Å². The minimum Gasteiger partial charge on any atom is -0.340 e. The zero-order chi connectivity index (χ0) is 26.5. The predicted molar refractivity (Wildman–Crippen MR) is 145 cm³/mol. The highest BCUT2D eigenvalue weighted by Gasteiger charge is 2.22. The van der Waals surface area contributed by atoms with E-state index in [9.17, 15) is 9.59 Å². The summed E-state index contributed by atoms with van der Waals surface area (Å²) < 4.78 is 1.46. The third kappa shape index (κ3) is 5.72. The molecule has 0 aliphatic heterocycles. The van der Waals surface area contributed by atoms with Crippen molar-refractivity contribution < 1.29 is 9.59 Å². The molecule has 3 N–H and O–H groups in total. The number of nitrogens with zero attached hydrogens (tertiary/aromatic N) is 5. The maximum Gasteiger partial charge on any atom is 0.248 e. The lowest BCUT2D eigenvalue weighted by Gasteiger charge is -2.17. The first-order valence-electron chi connectivity index (χ1n) is 11.5. The average molecular weight is 547 g/mol. The number of carbonyl (C=O) groups is 2. The van der Waals surface area contributed by atoms with Crippen LogP contribution in [0.15, 0.2) is 79.1 Å². The Hall–Kier alpha value is -4.54. The Balaban J connectivity index is 1.37. The topological polar surface area (TPSA) is 130 Å². The summed E-state index contributed by atoms with van der Waals surface area (Å²) in [5, 5.41) is 25.4. The number of carbonyl (C=O) groups excluding carboxylic acids is 2. The first-order chi connectivity index (χ1) is 18.5. The lowest BCUT2D eigenvalue weighted by atomic mass is 10.0. The summed E-state index contributed by atoms with van der Waals surface area (Å²) in [4.78, 5) is 26.3. The number of hydrogen-bond acceptors (Lipinski definition) is 6. The van der Waals surface area contributed by atoms with Gasteiger partial charge in [0.25, 0.3) is 0 Å². The predicted octanol–water partition coefficient (Wildman–Crippen LogP) is 4.22. The molecule has 10 nitrogen and oxygen atoms in total. The molecule has 0 spiro atoms. The minimum atomic E-state index is -0.890. The quantitative estimate of drug-likeness (QED) is 0.250. The van der Waals surface area contributed by atoms with E-state index >= 15 is 0 Å². The lowest BCUT2D eigenvalue weighted by molar-refractivity contribution is -0.123. The van der Waals surface area contributed by atoms with E-state index in [1.807, 2.05) is 30.3 Å². The van der Waals surface area contributed by atoms with Gasteiger partial charge in [0.2, 0.25) is 11.8 Å². The van der Waals surface area contributed by atoms with Crippen LogP contribution >= 0.6 is 23.2 Å². The number of H-pyrrole nitrogens is 1. The number of fused-ring (bicyclic) bond motifs is 1. The Morgan fingerprint density at radius 2 is 1.89 bits per heavy atom. The molecule has 38 heavy (non-hydrogen) atoms. The number of aromatic nitrogens is 6. The molecule has 12 heteroatoms. The SMILES string of the molecule is O=C(/C=C/c1cc(Cl)ccc1-n1cnnn1)N[C@@H](Cc1ccccc1)C(=O)Nc1n[nH]c2c(Cl)cccc12. The van der Waals surface area contributed by atoms with Gasteiger partial charge in [-0.25, -0.2) is 0 Å². The van der Waals surface area contributed by atoms with Crippen LogP contribution in [0.5, 0.6) is 0 Å². The van der Waals surface area contributed by atoms with Crippen molar-refractivity contribution in [3.05, 3.63) is 100 Å². The van der Waals surface area contributed by atoms with Gasteiger partial charge in [0, 0.05) is 28.5 Å². The molecule has 5 aromatic rings. The van der Waals surface area contributed by atoms with Gasteiger partial charge in [0.05, 0.1) is 16.2 Å². The molecule has 0 saturated carbocycles. The van der Waals surface area contributed by atoms with Crippen molar-refractivity contribution in [1.29, 1.82) is 0 Å². The largest absolute Gasteiger partial charge is 0.340 e. The number of hydrogen-bond donors (Lipinski definition) is 3. The fourth-order valence-electron chi connectivity index (χ4n) is 3.89. The summed E-state index contributed by atoms with van der Waals surface area (Å²) in [5.41, 5.74) is 2.73. The number of amides is 2. The van der Waals surface area contributed by atoms with Gasteiger partial charge < -0.3 is 10.6 Å². The monoisotopic (exact) mass is 546 g/mol. The van der Waals surface area contributed by atoms with Crippen LogP contribution in [0.2, 0.25) is 10.0 Å². The minimum absolute atomic E-state index is 0.266. The van der Waals surface area contributed by atoms with Crippen LogP contribution in [0.25, 0.3) is 22.7 Å². The second kappa shape index (κ2) is 11.2. The van der Waals surface area contributed by atoms with E-state index in [0.29, 0.717) is 38.0 Å². The molecule has 0 aliphatic carbocycles. The van der Waals surface area contributed by atoms with Crippen molar-refractivity contribution in [2.45, 2.75) is 12.5 Å². The molecule has 1 atom stereocenters. The second-order valence-corrected chi connectivity index (χ2v) is 9.11. The summed E-state index contributed by atoms with van der Waals surface area (Å²) >= 11 is 12.4. The number of aromatic amines is 1. The van der Waals surface area contributed by atoms with Crippen molar-refractivity contribution in [3.63, 3.8) is 0 Å². The molecule has 2 amide bonds. The molecule has 0 unspecified atom stereocenters. The van der Waals surface area contributed by atoms with Crippen LogP contribution in [0.1, 0.15) is 11.1 Å². The Morgan fingerprint density at radius 3 is 2.68 bits per heavy atom. The van der Waals surface area contributed by atoms with E-state index < -0.39 is 17.9 Å². The van der Waals surface area contributed by atoms with E-state index in [4.69, 9.17) is 23.2 Å². The van der Waals surface area contributed by atoms with E-state index in [1.165, 1.54) is 17.1 Å². The molecule has 190 valence electrons. The molecule has 0 bridgehead atoms. The third-order valence-corrected chi connectivity index (χ3v) is 6.26. The Morgan fingerprint density at radius 1 is 1.05 bits per heavy atom. The summed E-state index contributed by atoms with van der Waals surface area (Å²) in [5.74, 6) is -0.583. The van der Waals surface area contributed by atoms with Gasteiger partial charge in [-0.15, -0.1) is 5.10 Å². The highest BCUT2D eigenvalue weighted by molar-refractivity contribution is 6.35. The van der Waals surface area contributed by atoms with Crippen LogP contribution in [-0.2, 0) is 16.0 Å². The van der Waals surface area contributed by atoms with Crippen LogP contribution in [0, 0.1) is 0 Å². The van der Waals surface area contributed by atoms with E-state index in [0.717, 1.165) is 5.56 Å². The third-order valence-electron chi connectivity index (χ3n) is 5.71. The maximum absolute atomic E-state index is 13.3. The molecule has 0 saturated heterocycles. The Labute approximate surface area is 226 Å². The summed E-state index contributed by atoms with van der Waals surface area (Å²) in [6.45, 7) is 0. The van der Waals surface area contributed by atoms with Gasteiger partial charge in [0.15, 0.2) is 5.82 Å². The van der Waals surface area contributed by atoms with Crippen LogP contribution < -0.4 is 10.6 Å². The number of benzene rings is 3.